The molecule has 4 nitrogen and oxygen atoms in total. The lowest BCUT2D eigenvalue weighted by Gasteiger charge is -2.12. The summed E-state index contributed by atoms with van der Waals surface area (Å²) in [5.41, 5.74) is 3.77. The first-order valence-corrected chi connectivity index (χ1v) is 8.23. The van der Waals surface area contributed by atoms with Gasteiger partial charge in [0.05, 0.1) is 0 Å². The van der Waals surface area contributed by atoms with Crippen LogP contribution in [-0.4, -0.2) is 14.6 Å². The van der Waals surface area contributed by atoms with E-state index in [4.69, 9.17) is 11.6 Å². The molecule has 122 valence electrons. The zero-order chi connectivity index (χ0) is 17.5. The van der Waals surface area contributed by atoms with E-state index in [1.807, 2.05) is 58.0 Å². The van der Waals surface area contributed by atoms with Crippen LogP contribution in [0.15, 0.2) is 30.3 Å². The van der Waals surface area contributed by atoms with Crippen LogP contribution < -0.4 is 0 Å². The molecule has 0 saturated heterocycles. The van der Waals surface area contributed by atoms with Gasteiger partial charge in [0.15, 0.2) is 11.5 Å². The monoisotopic (exact) mass is 338 g/mol. The van der Waals surface area contributed by atoms with Gasteiger partial charge in [-0.1, -0.05) is 62.7 Å². The zero-order valence-electron chi connectivity index (χ0n) is 14.3. The van der Waals surface area contributed by atoms with Crippen LogP contribution in [-0.2, 0) is 11.8 Å². The molecule has 0 N–H and O–H groups in total. The first-order chi connectivity index (χ1) is 11.3. The quantitative estimate of drug-likeness (QED) is 0.648. The van der Waals surface area contributed by atoms with Crippen molar-refractivity contribution >= 4 is 17.2 Å². The Morgan fingerprint density at radius 2 is 1.88 bits per heavy atom. The van der Waals surface area contributed by atoms with Crippen LogP contribution in [0.25, 0.3) is 5.65 Å². The van der Waals surface area contributed by atoms with Crippen molar-refractivity contribution < 1.29 is 0 Å². The van der Waals surface area contributed by atoms with Crippen molar-refractivity contribution in [1.29, 1.82) is 5.26 Å². The molecule has 0 fully saturated rings. The van der Waals surface area contributed by atoms with E-state index < -0.39 is 0 Å². The molecule has 0 spiro atoms. The van der Waals surface area contributed by atoms with Gasteiger partial charge in [0.2, 0.25) is 0 Å². The Labute approximate surface area is 146 Å². The third kappa shape index (κ3) is 2.76. The number of halogens is 1. The molecule has 0 amide bonds. The molecule has 1 aromatic carbocycles. The summed E-state index contributed by atoms with van der Waals surface area (Å²) < 4.78 is 1.60. The summed E-state index contributed by atoms with van der Waals surface area (Å²) in [6.45, 7) is 8.05. The highest BCUT2D eigenvalue weighted by Crippen LogP contribution is 2.30. The fraction of sp³-hybridized carbons (Fsp3) is 0.316. The van der Waals surface area contributed by atoms with Gasteiger partial charge >= 0.3 is 0 Å². The van der Waals surface area contributed by atoms with Crippen molar-refractivity contribution in [3.05, 3.63) is 63.6 Å². The van der Waals surface area contributed by atoms with E-state index in [1.54, 1.807) is 4.52 Å². The number of hydrogen-bond acceptors (Lipinski definition) is 3. The number of pyridine rings is 1. The normalized spacial score (nSPS) is 11.7. The Bertz CT molecular complexity index is 944. The SMILES string of the molecule is Cc1c(Cc2ccccc2)c(Cl)n2nc(C(C)(C)C)nc2c1C#N. The number of fused-ring (bicyclic) bond motifs is 1. The first kappa shape index (κ1) is 16.5. The number of aromatic nitrogens is 3. The van der Waals surface area contributed by atoms with Gasteiger partial charge in [0, 0.05) is 11.8 Å². The van der Waals surface area contributed by atoms with Gasteiger partial charge in [0.1, 0.15) is 16.8 Å². The van der Waals surface area contributed by atoms with Crippen molar-refractivity contribution in [3.8, 4) is 6.07 Å². The van der Waals surface area contributed by atoms with Gasteiger partial charge in [-0.2, -0.15) is 5.26 Å². The average molecular weight is 339 g/mol. The molecule has 3 aromatic rings. The summed E-state index contributed by atoms with van der Waals surface area (Å²) in [4.78, 5) is 4.57. The zero-order valence-corrected chi connectivity index (χ0v) is 15.0. The lowest BCUT2D eigenvalue weighted by molar-refractivity contribution is 0.545. The molecule has 0 aliphatic rings. The van der Waals surface area contributed by atoms with E-state index in [2.05, 4.69) is 16.2 Å². The van der Waals surface area contributed by atoms with Crippen molar-refractivity contribution in [2.24, 2.45) is 0 Å². The minimum absolute atomic E-state index is 0.213. The van der Waals surface area contributed by atoms with Crippen molar-refractivity contribution in [2.75, 3.05) is 0 Å². The molecule has 24 heavy (non-hydrogen) atoms. The molecule has 3 rings (SSSR count). The second kappa shape index (κ2) is 5.92. The van der Waals surface area contributed by atoms with Crippen molar-refractivity contribution in [1.82, 2.24) is 14.6 Å². The van der Waals surface area contributed by atoms with Crippen LogP contribution in [0, 0.1) is 18.3 Å². The van der Waals surface area contributed by atoms with E-state index in [0.717, 1.165) is 16.7 Å². The summed E-state index contributed by atoms with van der Waals surface area (Å²) >= 11 is 6.64. The summed E-state index contributed by atoms with van der Waals surface area (Å²) in [5.74, 6) is 0.678. The van der Waals surface area contributed by atoms with E-state index in [1.165, 1.54) is 0 Å². The van der Waals surface area contributed by atoms with E-state index in [9.17, 15) is 5.26 Å². The molecule has 0 atom stereocenters. The smallest absolute Gasteiger partial charge is 0.175 e. The average Bonchev–Trinajstić information content (AvgIpc) is 2.98. The Morgan fingerprint density at radius 3 is 2.46 bits per heavy atom. The van der Waals surface area contributed by atoms with Gasteiger partial charge in [-0.15, -0.1) is 5.10 Å². The molecular weight excluding hydrogens is 320 g/mol. The predicted octanol–water partition coefficient (Wildman–Crippen LogP) is 4.45. The largest absolute Gasteiger partial charge is 0.210 e. The van der Waals surface area contributed by atoms with Gasteiger partial charge in [-0.05, 0) is 23.6 Å². The van der Waals surface area contributed by atoms with Gasteiger partial charge in [-0.25, -0.2) is 9.50 Å². The second-order valence-corrected chi connectivity index (χ2v) is 7.32. The molecule has 5 heteroatoms. The molecule has 2 heterocycles. The summed E-state index contributed by atoms with van der Waals surface area (Å²) in [7, 11) is 0. The maximum atomic E-state index is 9.64. The second-order valence-electron chi connectivity index (χ2n) is 6.96. The molecule has 0 radical (unpaired) electrons. The first-order valence-electron chi connectivity index (χ1n) is 7.85. The topological polar surface area (TPSA) is 54.0 Å². The van der Waals surface area contributed by atoms with Gasteiger partial charge in [0.25, 0.3) is 0 Å². The summed E-state index contributed by atoms with van der Waals surface area (Å²) in [5, 5.41) is 14.7. The number of hydrogen-bond donors (Lipinski definition) is 0. The molecule has 0 aliphatic heterocycles. The minimum atomic E-state index is -0.213. The highest BCUT2D eigenvalue weighted by molar-refractivity contribution is 6.30. The van der Waals surface area contributed by atoms with Crippen LogP contribution in [0.5, 0.6) is 0 Å². The Hall–Kier alpha value is -2.38. The molecule has 0 bridgehead atoms. The van der Waals surface area contributed by atoms with Crippen molar-refractivity contribution in [2.45, 2.75) is 39.5 Å². The van der Waals surface area contributed by atoms with Gasteiger partial charge < -0.3 is 0 Å². The van der Waals surface area contributed by atoms with Crippen LogP contribution in [0.2, 0.25) is 5.15 Å². The van der Waals surface area contributed by atoms with E-state index in [-0.39, 0.29) is 5.41 Å². The van der Waals surface area contributed by atoms with E-state index in [0.29, 0.717) is 28.6 Å². The molecular formula is C19H19ClN4. The van der Waals surface area contributed by atoms with Crippen LogP contribution >= 0.6 is 11.6 Å². The number of rotatable bonds is 2. The predicted molar refractivity (Wildman–Crippen MR) is 95.4 cm³/mol. The Kier molecular flexibility index (Phi) is 4.06. The maximum Gasteiger partial charge on any atom is 0.175 e. The maximum absolute atomic E-state index is 9.64. The Morgan fingerprint density at radius 1 is 1.21 bits per heavy atom. The molecule has 2 aromatic heterocycles. The molecule has 0 aliphatic carbocycles. The van der Waals surface area contributed by atoms with Gasteiger partial charge in [-0.3, -0.25) is 0 Å². The highest BCUT2D eigenvalue weighted by Gasteiger charge is 2.24. The highest BCUT2D eigenvalue weighted by atomic mass is 35.5. The summed E-state index contributed by atoms with van der Waals surface area (Å²) in [6.07, 6.45) is 0.654. The number of nitrogens with zero attached hydrogens (tertiary/aromatic N) is 4. The number of benzene rings is 1. The third-order valence-electron chi connectivity index (χ3n) is 4.10. The molecule has 0 unspecified atom stereocenters. The fourth-order valence-corrected chi connectivity index (χ4v) is 3.00. The third-order valence-corrected chi connectivity index (χ3v) is 4.49. The van der Waals surface area contributed by atoms with Crippen LogP contribution in [0.3, 0.4) is 0 Å². The van der Waals surface area contributed by atoms with Crippen LogP contribution in [0.1, 0.15) is 48.8 Å². The number of nitriles is 1. The standard InChI is InChI=1S/C19H19ClN4/c1-12-14(10-13-8-6-5-7-9-13)16(20)24-17(15(12)11-21)22-18(23-24)19(2,3)4/h5-9H,10H2,1-4H3. The van der Waals surface area contributed by atoms with Crippen LogP contribution in [0.4, 0.5) is 0 Å². The van der Waals surface area contributed by atoms with E-state index >= 15 is 0 Å². The summed E-state index contributed by atoms with van der Waals surface area (Å²) in [6, 6.07) is 12.3. The fourth-order valence-electron chi connectivity index (χ4n) is 2.67. The minimum Gasteiger partial charge on any atom is -0.210 e. The Balaban J connectivity index is 2.26. The lowest BCUT2D eigenvalue weighted by Crippen LogP contribution is -2.13. The lowest BCUT2D eigenvalue weighted by atomic mass is 9.96. The van der Waals surface area contributed by atoms with Crippen molar-refractivity contribution in [3.63, 3.8) is 0 Å². The molecule has 0 saturated carbocycles.